The van der Waals surface area contributed by atoms with Gasteiger partial charge in [0.2, 0.25) is 5.91 Å². The predicted octanol–water partition coefficient (Wildman–Crippen LogP) is 4.06. The molecule has 0 radical (unpaired) electrons. The van der Waals surface area contributed by atoms with Gasteiger partial charge in [0.15, 0.2) is 0 Å². The number of thioether (sulfide) groups is 1. The van der Waals surface area contributed by atoms with Gasteiger partial charge in [-0.3, -0.25) is 4.79 Å². The minimum Gasteiger partial charge on any atom is -0.355 e. The molecule has 2 rings (SSSR count). The normalized spacial score (nSPS) is 17.9. The van der Waals surface area contributed by atoms with Crippen molar-refractivity contribution in [2.45, 2.75) is 42.8 Å². The van der Waals surface area contributed by atoms with Gasteiger partial charge in [-0.05, 0) is 76.0 Å². The maximum atomic E-state index is 12.4. The zero-order valence-corrected chi connectivity index (χ0v) is 15.6. The Labute approximate surface area is 149 Å². The molecule has 1 aromatic carbocycles. The number of nitrogens with one attached hydrogen (secondary N) is 1. The smallest absolute Gasteiger partial charge is 0.233 e. The minimum absolute atomic E-state index is 0.0336. The van der Waals surface area contributed by atoms with E-state index in [4.69, 9.17) is 11.6 Å². The third kappa shape index (κ3) is 6.36. The molecule has 128 valence electrons. The van der Waals surface area contributed by atoms with Crippen LogP contribution in [0.5, 0.6) is 0 Å². The third-order valence-electron chi connectivity index (χ3n) is 4.45. The number of benzene rings is 1. The molecule has 1 saturated heterocycles. The van der Waals surface area contributed by atoms with Crippen molar-refractivity contribution in [2.75, 3.05) is 26.7 Å². The van der Waals surface area contributed by atoms with Crippen LogP contribution in [0.2, 0.25) is 5.02 Å². The molecule has 1 heterocycles. The molecule has 23 heavy (non-hydrogen) atoms. The maximum Gasteiger partial charge on any atom is 0.233 e. The van der Waals surface area contributed by atoms with Gasteiger partial charge >= 0.3 is 0 Å². The Hall–Kier alpha value is -0.710. The molecule has 1 aliphatic heterocycles. The largest absolute Gasteiger partial charge is 0.355 e. The average Bonchev–Trinajstić information content (AvgIpc) is 2.56. The van der Waals surface area contributed by atoms with Gasteiger partial charge in [0, 0.05) is 16.5 Å². The fourth-order valence-corrected chi connectivity index (χ4v) is 3.97. The quantitative estimate of drug-likeness (QED) is 0.749. The number of hydrogen-bond donors (Lipinski definition) is 1. The standard InChI is InChI=1S/C18H27ClN2OS/c1-3-17(23-16-6-4-15(19)5-7-16)18(22)20-11-8-14-9-12-21(2)13-10-14/h4-7,14,17H,3,8-13H2,1-2H3,(H,20,22)/t17-/m0/s1. The highest BCUT2D eigenvalue weighted by Crippen LogP contribution is 2.27. The third-order valence-corrected chi connectivity index (χ3v) is 6.07. The van der Waals surface area contributed by atoms with E-state index in [1.165, 1.54) is 25.9 Å². The minimum atomic E-state index is -0.0336. The molecule has 1 fully saturated rings. The van der Waals surface area contributed by atoms with Gasteiger partial charge in [0.25, 0.3) is 0 Å². The van der Waals surface area contributed by atoms with Crippen LogP contribution in [0, 0.1) is 5.92 Å². The van der Waals surface area contributed by atoms with E-state index in [1.807, 2.05) is 24.3 Å². The summed E-state index contributed by atoms with van der Waals surface area (Å²) in [5, 5.41) is 3.82. The van der Waals surface area contributed by atoms with Crippen LogP contribution in [-0.2, 0) is 4.79 Å². The average molecular weight is 355 g/mol. The molecule has 1 N–H and O–H groups in total. The molecule has 0 bridgehead atoms. The second-order valence-corrected chi connectivity index (χ2v) is 8.01. The lowest BCUT2D eigenvalue weighted by molar-refractivity contribution is -0.120. The molecule has 1 aliphatic rings. The molecule has 1 aromatic rings. The first-order valence-electron chi connectivity index (χ1n) is 8.47. The summed E-state index contributed by atoms with van der Waals surface area (Å²) < 4.78 is 0. The van der Waals surface area contributed by atoms with Gasteiger partial charge in [-0.25, -0.2) is 0 Å². The number of carbonyl (C=O) groups is 1. The second kappa shape index (κ2) is 9.55. The summed E-state index contributed by atoms with van der Waals surface area (Å²) in [4.78, 5) is 15.8. The van der Waals surface area contributed by atoms with Crippen molar-refractivity contribution in [3.05, 3.63) is 29.3 Å². The summed E-state index contributed by atoms with van der Waals surface area (Å²) in [7, 11) is 2.18. The topological polar surface area (TPSA) is 32.3 Å². The fraction of sp³-hybridized carbons (Fsp3) is 0.611. The summed E-state index contributed by atoms with van der Waals surface area (Å²) in [6.45, 7) is 5.22. The molecule has 0 unspecified atom stereocenters. The van der Waals surface area contributed by atoms with E-state index >= 15 is 0 Å². The van der Waals surface area contributed by atoms with Crippen LogP contribution in [0.4, 0.5) is 0 Å². The van der Waals surface area contributed by atoms with Crippen LogP contribution in [0.15, 0.2) is 29.2 Å². The van der Waals surface area contributed by atoms with E-state index in [9.17, 15) is 4.79 Å². The van der Waals surface area contributed by atoms with E-state index in [0.29, 0.717) is 0 Å². The van der Waals surface area contributed by atoms with E-state index in [0.717, 1.165) is 35.2 Å². The fourth-order valence-electron chi connectivity index (χ4n) is 2.86. The van der Waals surface area contributed by atoms with Crippen molar-refractivity contribution in [1.29, 1.82) is 0 Å². The first-order valence-corrected chi connectivity index (χ1v) is 9.72. The van der Waals surface area contributed by atoms with Crippen LogP contribution < -0.4 is 5.32 Å². The zero-order valence-electron chi connectivity index (χ0n) is 14.1. The van der Waals surface area contributed by atoms with Crippen LogP contribution in [0.1, 0.15) is 32.6 Å². The number of likely N-dealkylation sites (tertiary alicyclic amines) is 1. The molecule has 1 amide bonds. The van der Waals surface area contributed by atoms with Crippen LogP contribution in [-0.4, -0.2) is 42.7 Å². The van der Waals surface area contributed by atoms with Gasteiger partial charge in [0.1, 0.15) is 0 Å². The highest BCUT2D eigenvalue weighted by Gasteiger charge is 2.19. The van der Waals surface area contributed by atoms with Crippen molar-refractivity contribution in [3.8, 4) is 0 Å². The summed E-state index contributed by atoms with van der Waals surface area (Å²) >= 11 is 7.52. The Morgan fingerprint density at radius 2 is 2.00 bits per heavy atom. The Kier molecular flexibility index (Phi) is 7.74. The van der Waals surface area contributed by atoms with E-state index in [-0.39, 0.29) is 11.2 Å². The monoisotopic (exact) mass is 354 g/mol. The van der Waals surface area contributed by atoms with Gasteiger partial charge in [-0.15, -0.1) is 11.8 Å². The Balaban J connectivity index is 1.73. The number of halogens is 1. The number of piperidine rings is 1. The second-order valence-electron chi connectivity index (χ2n) is 6.30. The van der Waals surface area contributed by atoms with E-state index in [2.05, 4.69) is 24.2 Å². The molecule has 0 aromatic heterocycles. The number of nitrogens with zero attached hydrogens (tertiary/aromatic N) is 1. The molecule has 0 spiro atoms. The van der Waals surface area contributed by atoms with Crippen molar-refractivity contribution in [3.63, 3.8) is 0 Å². The van der Waals surface area contributed by atoms with Crippen molar-refractivity contribution < 1.29 is 4.79 Å². The van der Waals surface area contributed by atoms with Gasteiger partial charge in [0.05, 0.1) is 5.25 Å². The van der Waals surface area contributed by atoms with Gasteiger partial charge in [-0.2, -0.15) is 0 Å². The molecular weight excluding hydrogens is 328 g/mol. The Morgan fingerprint density at radius 1 is 1.35 bits per heavy atom. The summed E-state index contributed by atoms with van der Waals surface area (Å²) in [5.74, 6) is 0.913. The number of carbonyl (C=O) groups excluding carboxylic acids is 1. The molecule has 5 heteroatoms. The number of hydrogen-bond acceptors (Lipinski definition) is 3. The molecule has 1 atom stereocenters. The number of amides is 1. The van der Waals surface area contributed by atoms with Crippen LogP contribution >= 0.6 is 23.4 Å². The van der Waals surface area contributed by atoms with E-state index < -0.39 is 0 Å². The maximum absolute atomic E-state index is 12.4. The van der Waals surface area contributed by atoms with Gasteiger partial charge in [-0.1, -0.05) is 18.5 Å². The lowest BCUT2D eigenvalue weighted by Crippen LogP contribution is -2.35. The lowest BCUT2D eigenvalue weighted by Gasteiger charge is -2.29. The van der Waals surface area contributed by atoms with Crippen LogP contribution in [0.3, 0.4) is 0 Å². The van der Waals surface area contributed by atoms with Crippen molar-refractivity contribution >= 4 is 29.3 Å². The molecule has 0 aliphatic carbocycles. The highest BCUT2D eigenvalue weighted by molar-refractivity contribution is 8.00. The first-order chi connectivity index (χ1) is 11.1. The molecule has 0 saturated carbocycles. The number of rotatable bonds is 7. The van der Waals surface area contributed by atoms with Gasteiger partial charge < -0.3 is 10.2 Å². The van der Waals surface area contributed by atoms with E-state index in [1.54, 1.807) is 11.8 Å². The first kappa shape index (κ1) is 18.6. The van der Waals surface area contributed by atoms with Crippen molar-refractivity contribution in [2.24, 2.45) is 5.92 Å². The molecular formula is C18H27ClN2OS. The highest BCUT2D eigenvalue weighted by atomic mass is 35.5. The summed E-state index contributed by atoms with van der Waals surface area (Å²) in [5.41, 5.74) is 0. The van der Waals surface area contributed by atoms with Crippen molar-refractivity contribution in [1.82, 2.24) is 10.2 Å². The Bertz CT molecular complexity index is 486. The zero-order chi connectivity index (χ0) is 16.7. The Morgan fingerprint density at radius 3 is 2.61 bits per heavy atom. The summed E-state index contributed by atoms with van der Waals surface area (Å²) in [6, 6.07) is 7.69. The van der Waals surface area contributed by atoms with Crippen LogP contribution in [0.25, 0.3) is 0 Å². The molecule has 3 nitrogen and oxygen atoms in total. The predicted molar refractivity (Wildman–Crippen MR) is 99.2 cm³/mol. The SMILES string of the molecule is CC[C@H](Sc1ccc(Cl)cc1)C(=O)NCCC1CCN(C)CC1. The lowest BCUT2D eigenvalue weighted by atomic mass is 9.94. The summed E-state index contributed by atoms with van der Waals surface area (Å²) in [6.07, 6.45) is 4.43.